The molecule has 2 heterocycles. The molecule has 0 radical (unpaired) electrons. The van der Waals surface area contributed by atoms with Crippen molar-refractivity contribution in [2.24, 2.45) is 0 Å². The van der Waals surface area contributed by atoms with E-state index >= 15 is 0 Å². The first kappa shape index (κ1) is 19.3. The van der Waals surface area contributed by atoms with Crippen molar-refractivity contribution < 1.29 is 18.7 Å². The van der Waals surface area contributed by atoms with E-state index in [1.165, 1.54) is 0 Å². The van der Waals surface area contributed by atoms with Crippen LogP contribution in [0.1, 0.15) is 0 Å². The van der Waals surface area contributed by atoms with Gasteiger partial charge >= 0.3 is 0 Å². The maximum atomic E-state index is 12.7. The predicted octanol–water partition coefficient (Wildman–Crippen LogP) is 4.32. The fourth-order valence-corrected chi connectivity index (χ4v) is 4.05. The van der Waals surface area contributed by atoms with Gasteiger partial charge in [-0.15, -0.1) is 0 Å². The molecule has 5 rings (SSSR count). The Morgan fingerprint density at radius 2 is 1.68 bits per heavy atom. The fraction of sp³-hybridized carbons (Fsp3) is 0.240. The maximum Gasteiger partial charge on any atom is 0.260 e. The van der Waals surface area contributed by atoms with E-state index in [9.17, 15) is 4.79 Å². The summed E-state index contributed by atoms with van der Waals surface area (Å²) in [4.78, 5) is 16.8. The summed E-state index contributed by atoms with van der Waals surface area (Å²) in [5.74, 6) is 1.51. The Morgan fingerprint density at radius 1 is 0.871 bits per heavy atom. The molecule has 1 fully saturated rings. The number of hydrogen-bond donors (Lipinski definition) is 0. The van der Waals surface area contributed by atoms with Gasteiger partial charge in [-0.2, -0.15) is 0 Å². The number of carbonyl (C=O) groups is 1. The molecule has 4 aromatic rings. The molecule has 1 saturated heterocycles. The van der Waals surface area contributed by atoms with Crippen molar-refractivity contribution in [2.45, 2.75) is 0 Å². The molecule has 0 N–H and O–H groups in total. The number of amides is 1. The highest BCUT2D eigenvalue weighted by Gasteiger charge is 2.22. The Morgan fingerprint density at radius 3 is 2.52 bits per heavy atom. The zero-order valence-electron chi connectivity index (χ0n) is 17.4. The van der Waals surface area contributed by atoms with Crippen LogP contribution in [-0.2, 0) is 4.79 Å². The van der Waals surface area contributed by atoms with Crippen molar-refractivity contribution >= 4 is 33.5 Å². The quantitative estimate of drug-likeness (QED) is 0.485. The highest BCUT2D eigenvalue weighted by Crippen LogP contribution is 2.31. The Labute approximate surface area is 180 Å². The molecule has 6 heteroatoms. The summed E-state index contributed by atoms with van der Waals surface area (Å²) < 4.78 is 17.0. The van der Waals surface area contributed by atoms with Crippen LogP contribution in [-0.4, -0.2) is 50.7 Å². The summed E-state index contributed by atoms with van der Waals surface area (Å²) in [6.07, 6.45) is 0. The molecular formula is C25H24N2O4. The SMILES string of the molecule is COc1cccc(N2CCN(C(=O)COc3ccc4oc5ccccc5c4c3)CC2)c1. The number of nitrogens with zero attached hydrogens (tertiary/aromatic N) is 2. The maximum absolute atomic E-state index is 12.7. The number of piperazine rings is 1. The molecule has 1 amide bonds. The number of fused-ring (bicyclic) bond motifs is 3. The van der Waals surface area contributed by atoms with Crippen LogP contribution in [0.25, 0.3) is 21.9 Å². The van der Waals surface area contributed by atoms with Crippen LogP contribution in [0.15, 0.2) is 71.1 Å². The van der Waals surface area contributed by atoms with Gasteiger partial charge in [0, 0.05) is 48.7 Å². The van der Waals surface area contributed by atoms with Gasteiger partial charge in [-0.05, 0) is 36.4 Å². The zero-order valence-corrected chi connectivity index (χ0v) is 17.4. The van der Waals surface area contributed by atoms with E-state index in [1.54, 1.807) is 7.11 Å². The summed E-state index contributed by atoms with van der Waals surface area (Å²) in [5.41, 5.74) is 2.77. The molecule has 0 aliphatic carbocycles. The van der Waals surface area contributed by atoms with Gasteiger partial charge in [0.05, 0.1) is 7.11 Å². The number of ether oxygens (including phenoxy) is 2. The van der Waals surface area contributed by atoms with Crippen molar-refractivity contribution in [1.29, 1.82) is 0 Å². The van der Waals surface area contributed by atoms with E-state index in [1.807, 2.05) is 65.6 Å². The number of methoxy groups -OCH3 is 1. The van der Waals surface area contributed by atoms with Crippen LogP contribution in [0.2, 0.25) is 0 Å². The standard InChI is InChI=1S/C25H24N2O4/c1-29-19-6-4-5-18(15-19)26-11-13-27(14-12-26)25(28)17-30-20-9-10-24-22(16-20)21-7-2-3-8-23(21)31-24/h2-10,15-16H,11-14,17H2,1H3. The van der Waals surface area contributed by atoms with Crippen LogP contribution in [0, 0.1) is 0 Å². The van der Waals surface area contributed by atoms with Crippen molar-refractivity contribution in [2.75, 3.05) is 44.8 Å². The van der Waals surface area contributed by atoms with Gasteiger partial charge in [0.15, 0.2) is 6.61 Å². The Balaban J connectivity index is 1.20. The van der Waals surface area contributed by atoms with Gasteiger partial charge in [-0.3, -0.25) is 4.79 Å². The summed E-state index contributed by atoms with van der Waals surface area (Å²) in [7, 11) is 1.67. The minimum Gasteiger partial charge on any atom is -0.497 e. The molecule has 31 heavy (non-hydrogen) atoms. The van der Waals surface area contributed by atoms with Gasteiger partial charge in [0.25, 0.3) is 5.91 Å². The van der Waals surface area contributed by atoms with Crippen molar-refractivity contribution in [3.63, 3.8) is 0 Å². The third kappa shape index (κ3) is 3.89. The zero-order chi connectivity index (χ0) is 21.2. The number of anilines is 1. The first-order chi connectivity index (χ1) is 15.2. The molecule has 0 spiro atoms. The molecular weight excluding hydrogens is 392 g/mol. The number of para-hydroxylation sites is 1. The van der Waals surface area contributed by atoms with Crippen molar-refractivity contribution in [3.05, 3.63) is 66.7 Å². The highest BCUT2D eigenvalue weighted by molar-refractivity contribution is 6.05. The first-order valence-electron chi connectivity index (χ1n) is 10.4. The molecule has 0 saturated carbocycles. The molecule has 0 atom stereocenters. The minimum absolute atomic E-state index is 0.00226. The number of benzene rings is 3. The number of carbonyl (C=O) groups excluding carboxylic acids is 1. The van der Waals surface area contributed by atoms with Gasteiger partial charge in [0.1, 0.15) is 22.7 Å². The summed E-state index contributed by atoms with van der Waals surface area (Å²) >= 11 is 0. The Hall–Kier alpha value is -3.67. The van der Waals surface area contributed by atoms with Crippen molar-refractivity contribution in [1.82, 2.24) is 4.90 Å². The lowest BCUT2D eigenvalue weighted by atomic mass is 10.1. The first-order valence-corrected chi connectivity index (χ1v) is 10.4. The highest BCUT2D eigenvalue weighted by atomic mass is 16.5. The van der Waals surface area contributed by atoms with E-state index in [2.05, 4.69) is 11.0 Å². The Bertz CT molecular complexity index is 1220. The third-order valence-corrected chi connectivity index (χ3v) is 5.76. The second-order valence-corrected chi connectivity index (χ2v) is 7.61. The molecule has 158 valence electrons. The second kappa shape index (κ2) is 8.22. The van der Waals surface area contributed by atoms with Gasteiger partial charge in [-0.1, -0.05) is 24.3 Å². The van der Waals surface area contributed by atoms with E-state index in [0.29, 0.717) is 18.8 Å². The van der Waals surface area contributed by atoms with E-state index in [-0.39, 0.29) is 12.5 Å². The lowest BCUT2D eigenvalue weighted by molar-refractivity contribution is -0.133. The molecule has 1 aliphatic heterocycles. The average molecular weight is 416 g/mol. The largest absolute Gasteiger partial charge is 0.497 e. The summed E-state index contributed by atoms with van der Waals surface area (Å²) in [6, 6.07) is 21.6. The molecule has 0 unspecified atom stereocenters. The molecule has 6 nitrogen and oxygen atoms in total. The van der Waals surface area contributed by atoms with Crippen LogP contribution >= 0.6 is 0 Å². The van der Waals surface area contributed by atoms with Gasteiger partial charge in [-0.25, -0.2) is 0 Å². The van der Waals surface area contributed by atoms with Crippen LogP contribution in [0.3, 0.4) is 0 Å². The molecule has 3 aromatic carbocycles. The number of hydrogen-bond acceptors (Lipinski definition) is 5. The topological polar surface area (TPSA) is 55.2 Å². The normalized spacial score (nSPS) is 14.2. The van der Waals surface area contributed by atoms with E-state index in [0.717, 1.165) is 46.5 Å². The van der Waals surface area contributed by atoms with Crippen LogP contribution in [0.5, 0.6) is 11.5 Å². The van der Waals surface area contributed by atoms with Crippen LogP contribution < -0.4 is 14.4 Å². The fourth-order valence-electron chi connectivity index (χ4n) is 4.05. The Kier molecular flexibility index (Phi) is 5.12. The monoisotopic (exact) mass is 416 g/mol. The molecule has 1 aromatic heterocycles. The average Bonchev–Trinajstić information content (AvgIpc) is 3.20. The van der Waals surface area contributed by atoms with Crippen LogP contribution in [0.4, 0.5) is 5.69 Å². The van der Waals surface area contributed by atoms with E-state index in [4.69, 9.17) is 13.9 Å². The van der Waals surface area contributed by atoms with E-state index < -0.39 is 0 Å². The summed E-state index contributed by atoms with van der Waals surface area (Å²) in [5, 5.41) is 2.04. The van der Waals surface area contributed by atoms with Gasteiger partial charge in [0.2, 0.25) is 0 Å². The smallest absolute Gasteiger partial charge is 0.260 e. The van der Waals surface area contributed by atoms with Crippen molar-refractivity contribution in [3.8, 4) is 11.5 Å². The predicted molar refractivity (Wildman–Crippen MR) is 121 cm³/mol. The molecule has 0 bridgehead atoms. The minimum atomic E-state index is 0.00226. The van der Waals surface area contributed by atoms with Gasteiger partial charge < -0.3 is 23.7 Å². The number of rotatable bonds is 5. The number of furan rings is 1. The lowest BCUT2D eigenvalue weighted by Gasteiger charge is -2.36. The second-order valence-electron chi connectivity index (χ2n) is 7.61. The lowest BCUT2D eigenvalue weighted by Crippen LogP contribution is -2.50. The summed E-state index contributed by atoms with van der Waals surface area (Å²) in [6.45, 7) is 2.94. The molecule has 1 aliphatic rings. The third-order valence-electron chi connectivity index (χ3n) is 5.76.